The molecule has 0 bridgehead atoms. The van der Waals surface area contributed by atoms with Gasteiger partial charge in [-0.3, -0.25) is 0 Å². The summed E-state index contributed by atoms with van der Waals surface area (Å²) in [6.07, 6.45) is 0. The number of hydrogen-bond donors (Lipinski definition) is 0. The van der Waals surface area contributed by atoms with Gasteiger partial charge >= 0.3 is 0 Å². The molecule has 3 rings (SSSR count). The van der Waals surface area contributed by atoms with E-state index in [-0.39, 0.29) is 0 Å². The highest BCUT2D eigenvalue weighted by Gasteiger charge is 2.07. The Balaban J connectivity index is 1.69. The van der Waals surface area contributed by atoms with E-state index < -0.39 is 0 Å². The molecule has 0 aliphatic carbocycles. The molecule has 0 radical (unpaired) electrons. The molecule has 22 heavy (non-hydrogen) atoms. The lowest BCUT2D eigenvalue weighted by molar-refractivity contribution is 0.270. The maximum atomic E-state index is 5.81. The second-order valence-corrected chi connectivity index (χ2v) is 5.57. The Labute approximate surface area is 137 Å². The third kappa shape index (κ3) is 3.34. The summed E-state index contributed by atoms with van der Waals surface area (Å²) in [6, 6.07) is 19.5. The summed E-state index contributed by atoms with van der Waals surface area (Å²) in [6.45, 7) is 0.373. The van der Waals surface area contributed by atoms with Crippen LogP contribution in [0.4, 0.5) is 0 Å². The first-order chi connectivity index (χ1) is 10.8. The van der Waals surface area contributed by atoms with Crippen molar-refractivity contribution in [3.05, 3.63) is 70.9 Å². The van der Waals surface area contributed by atoms with Gasteiger partial charge in [0.2, 0.25) is 0 Å². The molecule has 0 atom stereocenters. The van der Waals surface area contributed by atoms with Gasteiger partial charge in [-0.2, -0.15) is 0 Å². The van der Waals surface area contributed by atoms with Crippen LogP contribution in [0.15, 0.2) is 69.6 Å². The number of furan rings is 1. The van der Waals surface area contributed by atoms with Gasteiger partial charge in [-0.25, -0.2) is 0 Å². The number of benzene rings is 2. The van der Waals surface area contributed by atoms with Gasteiger partial charge in [-0.15, -0.1) is 0 Å². The van der Waals surface area contributed by atoms with E-state index in [1.807, 2.05) is 60.7 Å². The molecule has 0 aliphatic rings. The van der Waals surface area contributed by atoms with Crippen LogP contribution < -0.4 is 9.47 Å². The first-order valence-corrected chi connectivity index (χ1v) is 7.66. The molecule has 0 amide bonds. The number of rotatable bonds is 5. The predicted molar refractivity (Wildman–Crippen MR) is 89.2 cm³/mol. The molecule has 0 saturated heterocycles. The number of hydrogen-bond acceptors (Lipinski definition) is 3. The summed E-state index contributed by atoms with van der Waals surface area (Å²) in [7, 11) is 1.64. The van der Waals surface area contributed by atoms with Crippen LogP contribution in [0.5, 0.6) is 11.5 Å². The fourth-order valence-electron chi connectivity index (χ4n) is 2.09. The SMILES string of the molecule is COc1ccc(OCc2ccc(-c3ccccc3)o2)c(Br)c1. The summed E-state index contributed by atoms with van der Waals surface area (Å²) < 4.78 is 17.6. The molecule has 3 aromatic rings. The topological polar surface area (TPSA) is 31.6 Å². The van der Waals surface area contributed by atoms with Crippen LogP contribution in [-0.4, -0.2) is 7.11 Å². The van der Waals surface area contributed by atoms with Crippen LogP contribution in [0.2, 0.25) is 0 Å². The number of halogens is 1. The van der Waals surface area contributed by atoms with E-state index in [0.29, 0.717) is 6.61 Å². The third-order valence-corrected chi connectivity index (χ3v) is 3.85. The van der Waals surface area contributed by atoms with Gasteiger partial charge in [-0.1, -0.05) is 30.3 Å². The Morgan fingerprint density at radius 1 is 1.00 bits per heavy atom. The van der Waals surface area contributed by atoms with Gasteiger partial charge in [0.05, 0.1) is 11.6 Å². The highest BCUT2D eigenvalue weighted by Crippen LogP contribution is 2.30. The Morgan fingerprint density at radius 2 is 1.82 bits per heavy atom. The zero-order valence-electron chi connectivity index (χ0n) is 12.1. The first kappa shape index (κ1) is 14.7. The minimum Gasteiger partial charge on any atom is -0.497 e. The third-order valence-electron chi connectivity index (χ3n) is 3.23. The summed E-state index contributed by atoms with van der Waals surface area (Å²) >= 11 is 3.47. The van der Waals surface area contributed by atoms with Crippen molar-refractivity contribution in [1.82, 2.24) is 0 Å². The van der Waals surface area contributed by atoms with Gasteiger partial charge in [0.15, 0.2) is 0 Å². The van der Waals surface area contributed by atoms with E-state index in [0.717, 1.165) is 33.1 Å². The van der Waals surface area contributed by atoms with Crippen molar-refractivity contribution in [3.63, 3.8) is 0 Å². The lowest BCUT2D eigenvalue weighted by atomic mass is 10.2. The lowest BCUT2D eigenvalue weighted by Crippen LogP contribution is -1.94. The highest BCUT2D eigenvalue weighted by atomic mass is 79.9. The van der Waals surface area contributed by atoms with Crippen LogP contribution >= 0.6 is 15.9 Å². The van der Waals surface area contributed by atoms with Crippen molar-refractivity contribution in [2.45, 2.75) is 6.61 Å². The fraction of sp³-hybridized carbons (Fsp3) is 0.111. The van der Waals surface area contributed by atoms with E-state index in [2.05, 4.69) is 15.9 Å². The molecule has 2 aromatic carbocycles. The van der Waals surface area contributed by atoms with Crippen LogP contribution in [-0.2, 0) is 6.61 Å². The van der Waals surface area contributed by atoms with Crippen LogP contribution in [0.3, 0.4) is 0 Å². The minimum absolute atomic E-state index is 0.373. The molecule has 0 aliphatic heterocycles. The van der Waals surface area contributed by atoms with Crippen molar-refractivity contribution in [2.24, 2.45) is 0 Å². The maximum Gasteiger partial charge on any atom is 0.146 e. The first-order valence-electron chi connectivity index (χ1n) is 6.87. The Hall–Kier alpha value is -2.20. The van der Waals surface area contributed by atoms with Crippen molar-refractivity contribution in [2.75, 3.05) is 7.11 Å². The van der Waals surface area contributed by atoms with E-state index in [1.165, 1.54) is 0 Å². The van der Waals surface area contributed by atoms with E-state index in [9.17, 15) is 0 Å². The minimum atomic E-state index is 0.373. The van der Waals surface area contributed by atoms with Crippen LogP contribution in [0.25, 0.3) is 11.3 Å². The Bertz CT molecular complexity index is 750. The molecular weight excluding hydrogens is 344 g/mol. The van der Waals surface area contributed by atoms with Gasteiger partial charge < -0.3 is 13.9 Å². The Kier molecular flexibility index (Phi) is 4.49. The van der Waals surface area contributed by atoms with Gasteiger partial charge in [0.25, 0.3) is 0 Å². The summed E-state index contributed by atoms with van der Waals surface area (Å²) in [5.74, 6) is 3.15. The predicted octanol–water partition coefficient (Wildman–Crippen LogP) is 5.30. The molecule has 112 valence electrons. The highest BCUT2D eigenvalue weighted by molar-refractivity contribution is 9.10. The van der Waals surface area contributed by atoms with Crippen LogP contribution in [0.1, 0.15) is 5.76 Å². The smallest absolute Gasteiger partial charge is 0.146 e. The van der Waals surface area contributed by atoms with Crippen molar-refractivity contribution in [1.29, 1.82) is 0 Å². The average molecular weight is 359 g/mol. The van der Waals surface area contributed by atoms with Crippen molar-refractivity contribution in [3.8, 4) is 22.8 Å². The second kappa shape index (κ2) is 6.71. The average Bonchev–Trinajstić information content (AvgIpc) is 3.03. The normalized spacial score (nSPS) is 10.5. The second-order valence-electron chi connectivity index (χ2n) is 4.72. The summed E-state index contributed by atoms with van der Waals surface area (Å²) in [5.41, 5.74) is 1.05. The molecule has 4 heteroatoms. The van der Waals surface area contributed by atoms with Gasteiger partial charge in [0, 0.05) is 5.56 Å². The molecule has 3 nitrogen and oxygen atoms in total. The summed E-state index contributed by atoms with van der Waals surface area (Å²) in [4.78, 5) is 0. The molecule has 0 unspecified atom stereocenters. The van der Waals surface area contributed by atoms with E-state index in [1.54, 1.807) is 7.11 Å². The zero-order chi connectivity index (χ0) is 15.4. The largest absolute Gasteiger partial charge is 0.497 e. The number of methoxy groups -OCH3 is 1. The molecule has 0 saturated carbocycles. The van der Waals surface area contributed by atoms with Gasteiger partial charge in [0.1, 0.15) is 29.6 Å². The molecule has 0 N–H and O–H groups in total. The van der Waals surface area contributed by atoms with Crippen LogP contribution in [0, 0.1) is 0 Å². The summed E-state index contributed by atoms with van der Waals surface area (Å²) in [5, 5.41) is 0. The molecular formula is C18H15BrO3. The molecule has 0 spiro atoms. The molecule has 1 aromatic heterocycles. The standard InChI is InChI=1S/C18H15BrO3/c1-20-14-7-10-18(16(19)11-14)21-12-15-8-9-17(22-15)13-5-3-2-4-6-13/h2-11H,12H2,1H3. The monoisotopic (exact) mass is 358 g/mol. The van der Waals surface area contributed by atoms with Crippen molar-refractivity contribution < 1.29 is 13.9 Å². The van der Waals surface area contributed by atoms with Gasteiger partial charge in [-0.05, 0) is 46.3 Å². The Morgan fingerprint density at radius 3 is 2.55 bits per heavy atom. The lowest BCUT2D eigenvalue weighted by Gasteiger charge is -2.08. The van der Waals surface area contributed by atoms with Crippen molar-refractivity contribution >= 4 is 15.9 Å². The fourth-order valence-corrected chi connectivity index (χ4v) is 2.56. The number of ether oxygens (including phenoxy) is 2. The van der Waals surface area contributed by atoms with E-state index in [4.69, 9.17) is 13.9 Å². The maximum absolute atomic E-state index is 5.81. The van der Waals surface area contributed by atoms with E-state index >= 15 is 0 Å². The quantitative estimate of drug-likeness (QED) is 0.620. The molecule has 0 fully saturated rings. The zero-order valence-corrected chi connectivity index (χ0v) is 13.7. The molecule has 1 heterocycles.